The van der Waals surface area contributed by atoms with E-state index in [2.05, 4.69) is 5.32 Å². The number of hydrogen-bond acceptors (Lipinski definition) is 5. The summed E-state index contributed by atoms with van der Waals surface area (Å²) < 4.78 is 40.7. The quantitative estimate of drug-likeness (QED) is 0.409. The number of aryl methyl sites for hydroxylation is 1. The van der Waals surface area contributed by atoms with Crippen LogP contribution in [-0.2, 0) is 16.4 Å². The van der Waals surface area contributed by atoms with E-state index in [0.29, 0.717) is 29.8 Å². The highest BCUT2D eigenvalue weighted by Gasteiger charge is 2.29. The second kappa shape index (κ2) is 8.80. The van der Waals surface area contributed by atoms with E-state index in [1.165, 1.54) is 28.6 Å². The highest BCUT2D eigenvalue weighted by molar-refractivity contribution is 7.92. The second-order valence-electron chi connectivity index (χ2n) is 7.36. The Bertz CT molecular complexity index is 1360. The maximum Gasteiger partial charge on any atom is 0.288 e. The monoisotopic (exact) mass is 489 g/mol. The van der Waals surface area contributed by atoms with Gasteiger partial charge in [0.25, 0.3) is 21.6 Å². The van der Waals surface area contributed by atoms with Gasteiger partial charge in [-0.05, 0) is 73.0 Å². The molecule has 33 heavy (non-hydrogen) atoms. The van der Waals surface area contributed by atoms with Crippen LogP contribution >= 0.6 is 11.6 Å². The molecule has 0 radical (unpaired) electrons. The number of anilines is 2. The molecule has 0 aliphatic carbocycles. The highest BCUT2D eigenvalue weighted by Crippen LogP contribution is 2.34. The molecule has 8 nitrogen and oxygen atoms in total. The van der Waals surface area contributed by atoms with E-state index in [9.17, 15) is 27.7 Å². The molecule has 0 saturated heterocycles. The summed E-state index contributed by atoms with van der Waals surface area (Å²) in [6.45, 7) is 0.271. The van der Waals surface area contributed by atoms with E-state index in [0.717, 1.165) is 18.2 Å². The lowest BCUT2D eigenvalue weighted by Gasteiger charge is -2.31. The Labute approximate surface area is 193 Å². The lowest BCUT2D eigenvalue weighted by molar-refractivity contribution is -0.384. The van der Waals surface area contributed by atoms with Crippen LogP contribution in [0.3, 0.4) is 0 Å². The molecule has 0 fully saturated rings. The number of hydrogen-bond donors (Lipinski definition) is 1. The number of nitrogens with zero attached hydrogens (tertiary/aromatic N) is 2. The lowest BCUT2D eigenvalue weighted by atomic mass is 10.0. The van der Waals surface area contributed by atoms with Gasteiger partial charge in [0, 0.05) is 23.9 Å². The molecule has 11 heteroatoms. The van der Waals surface area contributed by atoms with Crippen LogP contribution in [0.4, 0.5) is 21.5 Å². The third-order valence-electron chi connectivity index (χ3n) is 5.22. The highest BCUT2D eigenvalue weighted by atomic mass is 35.5. The molecule has 0 spiro atoms. The Hall–Kier alpha value is -3.50. The van der Waals surface area contributed by atoms with Crippen molar-refractivity contribution in [2.75, 3.05) is 16.2 Å². The molecule has 1 aliphatic rings. The summed E-state index contributed by atoms with van der Waals surface area (Å²) in [4.78, 5) is 23.0. The molecule has 0 atom stereocenters. The van der Waals surface area contributed by atoms with Gasteiger partial charge < -0.3 is 5.32 Å². The third-order valence-corrected chi connectivity index (χ3v) is 7.37. The minimum absolute atomic E-state index is 0.0153. The first kappa shape index (κ1) is 22.7. The van der Waals surface area contributed by atoms with Crippen LogP contribution in [0.25, 0.3) is 0 Å². The van der Waals surface area contributed by atoms with Crippen LogP contribution in [0.2, 0.25) is 5.02 Å². The van der Waals surface area contributed by atoms with Crippen LogP contribution in [0, 0.1) is 15.9 Å². The summed E-state index contributed by atoms with van der Waals surface area (Å²) >= 11 is 5.79. The van der Waals surface area contributed by atoms with Gasteiger partial charge in [0.1, 0.15) is 10.8 Å². The topological polar surface area (TPSA) is 110 Å². The summed E-state index contributed by atoms with van der Waals surface area (Å²) in [7, 11) is -3.89. The van der Waals surface area contributed by atoms with Crippen LogP contribution in [0.5, 0.6) is 0 Å². The fourth-order valence-electron chi connectivity index (χ4n) is 3.62. The van der Waals surface area contributed by atoms with Gasteiger partial charge in [-0.15, -0.1) is 0 Å². The molecule has 1 aliphatic heterocycles. The van der Waals surface area contributed by atoms with Crippen molar-refractivity contribution in [1.82, 2.24) is 0 Å². The number of halogens is 2. The Balaban J connectivity index is 1.60. The van der Waals surface area contributed by atoms with Crippen LogP contribution in [0.1, 0.15) is 22.3 Å². The molecule has 0 aromatic heterocycles. The Morgan fingerprint density at radius 2 is 1.82 bits per heavy atom. The molecular weight excluding hydrogens is 473 g/mol. The summed E-state index contributed by atoms with van der Waals surface area (Å²) in [6.07, 6.45) is 1.16. The maximum absolute atomic E-state index is 13.2. The number of amides is 1. The van der Waals surface area contributed by atoms with Gasteiger partial charge in [-0.25, -0.2) is 12.8 Å². The zero-order valence-corrected chi connectivity index (χ0v) is 18.6. The number of nitrogens with one attached hydrogen (secondary N) is 1. The van der Waals surface area contributed by atoms with Crippen molar-refractivity contribution in [1.29, 1.82) is 0 Å². The van der Waals surface area contributed by atoms with Crippen molar-refractivity contribution in [3.63, 3.8) is 0 Å². The number of carbonyl (C=O) groups is 1. The van der Waals surface area contributed by atoms with Gasteiger partial charge >= 0.3 is 0 Å². The summed E-state index contributed by atoms with van der Waals surface area (Å²) in [5.74, 6) is -1.10. The van der Waals surface area contributed by atoms with Crippen LogP contribution in [-0.4, -0.2) is 25.8 Å². The molecule has 0 saturated carbocycles. The Kier molecular flexibility index (Phi) is 6.05. The minimum atomic E-state index is -3.89. The van der Waals surface area contributed by atoms with Gasteiger partial charge in [-0.1, -0.05) is 11.6 Å². The molecule has 3 aromatic rings. The zero-order chi connectivity index (χ0) is 23.8. The molecule has 1 N–H and O–H groups in total. The first-order chi connectivity index (χ1) is 15.7. The average Bonchev–Trinajstić information content (AvgIpc) is 2.78. The van der Waals surface area contributed by atoms with E-state index < -0.39 is 26.7 Å². The normalized spacial score (nSPS) is 13.3. The van der Waals surface area contributed by atoms with E-state index in [-0.39, 0.29) is 27.7 Å². The molecule has 0 bridgehead atoms. The summed E-state index contributed by atoms with van der Waals surface area (Å²) in [6, 6.07) is 13.2. The van der Waals surface area contributed by atoms with Crippen molar-refractivity contribution in [2.24, 2.45) is 0 Å². The predicted octanol–water partition coefficient (Wildman–Crippen LogP) is 4.78. The zero-order valence-electron chi connectivity index (χ0n) is 17.0. The molecule has 3 aromatic carbocycles. The van der Waals surface area contributed by atoms with Gasteiger partial charge in [-0.3, -0.25) is 19.2 Å². The van der Waals surface area contributed by atoms with Crippen molar-refractivity contribution >= 4 is 44.6 Å². The van der Waals surface area contributed by atoms with E-state index in [4.69, 9.17) is 11.6 Å². The fourth-order valence-corrected chi connectivity index (χ4v) is 5.35. The number of carbonyl (C=O) groups excluding carboxylic acids is 1. The van der Waals surface area contributed by atoms with E-state index in [1.54, 1.807) is 18.2 Å². The molecular formula is C22H17ClFN3O5S. The van der Waals surface area contributed by atoms with Gasteiger partial charge in [0.05, 0.1) is 15.5 Å². The van der Waals surface area contributed by atoms with Gasteiger partial charge in [-0.2, -0.15) is 0 Å². The van der Waals surface area contributed by atoms with Gasteiger partial charge in [0.2, 0.25) is 0 Å². The van der Waals surface area contributed by atoms with E-state index in [1.807, 2.05) is 0 Å². The van der Waals surface area contributed by atoms with Crippen molar-refractivity contribution in [2.45, 2.75) is 17.7 Å². The first-order valence-corrected chi connectivity index (χ1v) is 11.6. The largest absolute Gasteiger partial charge is 0.322 e. The third kappa shape index (κ3) is 4.53. The molecule has 170 valence electrons. The van der Waals surface area contributed by atoms with Crippen molar-refractivity contribution in [3.8, 4) is 0 Å². The number of benzene rings is 3. The van der Waals surface area contributed by atoms with Crippen LogP contribution in [0.15, 0.2) is 65.6 Å². The number of rotatable bonds is 5. The maximum atomic E-state index is 13.2. The van der Waals surface area contributed by atoms with Crippen molar-refractivity contribution < 1.29 is 22.5 Å². The van der Waals surface area contributed by atoms with Crippen molar-refractivity contribution in [3.05, 3.63) is 92.7 Å². The number of nitro benzene ring substituents is 1. The fraction of sp³-hybridized carbons (Fsp3) is 0.136. The standard InChI is InChI=1S/C22H17ClFN3O5S/c23-19-9-3-15(13-21(19)27(29)30)22(28)25-17-6-10-20-14(12-17)2-1-11-26(20)33(31,32)18-7-4-16(24)5-8-18/h3-10,12-13H,1-2,11H2,(H,25,28). The van der Waals surface area contributed by atoms with Crippen LogP contribution < -0.4 is 9.62 Å². The number of nitro groups is 1. The Morgan fingerprint density at radius 1 is 1.09 bits per heavy atom. The van der Waals surface area contributed by atoms with Gasteiger partial charge in [0.15, 0.2) is 0 Å². The second-order valence-corrected chi connectivity index (χ2v) is 9.63. The number of fused-ring (bicyclic) bond motifs is 1. The molecule has 1 amide bonds. The molecule has 4 rings (SSSR count). The van der Waals surface area contributed by atoms with E-state index >= 15 is 0 Å². The minimum Gasteiger partial charge on any atom is -0.322 e. The predicted molar refractivity (Wildman–Crippen MR) is 122 cm³/mol. The summed E-state index contributed by atoms with van der Waals surface area (Å²) in [5.41, 5.74) is 1.29. The average molecular weight is 490 g/mol. The number of sulfonamides is 1. The smallest absolute Gasteiger partial charge is 0.288 e. The summed E-state index contributed by atoms with van der Waals surface area (Å²) in [5, 5.41) is 13.7. The SMILES string of the molecule is O=C(Nc1ccc2c(c1)CCCN2S(=O)(=O)c1ccc(F)cc1)c1ccc(Cl)c([N+](=O)[O-])c1. The molecule has 0 unspecified atom stereocenters. The first-order valence-electron chi connectivity index (χ1n) is 9.83. The molecule has 1 heterocycles. The lowest BCUT2D eigenvalue weighted by Crippen LogP contribution is -2.35. The Morgan fingerprint density at radius 3 is 2.52 bits per heavy atom.